The van der Waals surface area contributed by atoms with E-state index in [0.29, 0.717) is 0 Å². The molecule has 0 aromatic carbocycles. The molecule has 88 valence electrons. The second kappa shape index (κ2) is 3.86. The van der Waals surface area contributed by atoms with Gasteiger partial charge in [-0.2, -0.15) is 0 Å². The molecule has 0 spiro atoms. The van der Waals surface area contributed by atoms with Gasteiger partial charge in [-0.3, -0.25) is 0 Å². The molecule has 1 aromatic heterocycles. The van der Waals surface area contributed by atoms with E-state index in [0.717, 1.165) is 5.76 Å². The van der Waals surface area contributed by atoms with Crippen LogP contribution >= 0.6 is 0 Å². The molecule has 4 heteroatoms. The van der Waals surface area contributed by atoms with Crippen LogP contribution in [0, 0.1) is 0 Å². The molecule has 16 heavy (non-hydrogen) atoms. The monoisotopic (exact) mass is 239 g/mol. The molecular weight excluding hydrogens is 222 g/mol. The molecule has 1 saturated heterocycles. The minimum atomic E-state index is -1.02. The van der Waals surface area contributed by atoms with Gasteiger partial charge in [0.15, 0.2) is 0 Å². The standard InChI is InChI=1S/C12H17NO2S/c1-5-9-11(10-7-6-8-15-10)13(9)16(14)12(2,3)4/h5-9,11H,1H2,2-4H3/t9-,11+,13?,16?/m0/s1. The molecular formula is C12H17NO2S. The van der Waals surface area contributed by atoms with Crippen molar-refractivity contribution in [3.8, 4) is 0 Å². The van der Waals surface area contributed by atoms with Gasteiger partial charge in [-0.15, -0.1) is 6.58 Å². The van der Waals surface area contributed by atoms with Crippen LogP contribution in [0.2, 0.25) is 0 Å². The number of rotatable bonds is 3. The number of hydrogen-bond acceptors (Lipinski definition) is 2. The number of nitrogens with zero attached hydrogens (tertiary/aromatic N) is 1. The van der Waals surface area contributed by atoms with Gasteiger partial charge in [0.05, 0.1) is 17.1 Å². The van der Waals surface area contributed by atoms with Crippen molar-refractivity contribution in [3.63, 3.8) is 0 Å². The van der Waals surface area contributed by atoms with Gasteiger partial charge in [0.2, 0.25) is 0 Å². The molecule has 1 aromatic rings. The number of furan rings is 1. The largest absolute Gasteiger partial charge is 0.468 e. The zero-order valence-electron chi connectivity index (χ0n) is 9.84. The molecule has 1 aliphatic heterocycles. The normalized spacial score (nSPS) is 31.1. The van der Waals surface area contributed by atoms with Gasteiger partial charge in [-0.25, -0.2) is 8.51 Å². The topological polar surface area (TPSA) is 33.2 Å². The third-order valence-corrected chi connectivity index (χ3v) is 4.49. The van der Waals surface area contributed by atoms with E-state index in [1.807, 2.05) is 43.3 Å². The Labute approximate surface area is 98.7 Å². The first-order valence-electron chi connectivity index (χ1n) is 5.33. The molecule has 2 heterocycles. The second-order valence-corrected chi connectivity index (χ2v) is 7.05. The van der Waals surface area contributed by atoms with Gasteiger partial charge < -0.3 is 4.42 Å². The quantitative estimate of drug-likeness (QED) is 0.600. The fourth-order valence-corrected chi connectivity index (χ4v) is 3.18. The van der Waals surface area contributed by atoms with Crippen LogP contribution in [0.5, 0.6) is 0 Å². The highest BCUT2D eigenvalue weighted by atomic mass is 32.2. The lowest BCUT2D eigenvalue weighted by molar-refractivity contribution is 0.493. The molecule has 4 atom stereocenters. The maximum atomic E-state index is 12.2. The fraction of sp³-hybridized carbons (Fsp3) is 0.500. The minimum Gasteiger partial charge on any atom is -0.468 e. The summed E-state index contributed by atoms with van der Waals surface area (Å²) in [6.07, 6.45) is 3.48. The summed E-state index contributed by atoms with van der Waals surface area (Å²) in [7, 11) is -1.02. The van der Waals surface area contributed by atoms with E-state index in [1.165, 1.54) is 0 Å². The molecule has 0 amide bonds. The van der Waals surface area contributed by atoms with Crippen LogP contribution in [0.4, 0.5) is 0 Å². The smallest absolute Gasteiger partial charge is 0.123 e. The summed E-state index contributed by atoms with van der Waals surface area (Å²) in [5.41, 5.74) is 0. The summed E-state index contributed by atoms with van der Waals surface area (Å²) in [4.78, 5) is 0. The van der Waals surface area contributed by atoms with E-state index < -0.39 is 11.0 Å². The summed E-state index contributed by atoms with van der Waals surface area (Å²) >= 11 is 0. The van der Waals surface area contributed by atoms with E-state index in [2.05, 4.69) is 6.58 Å². The van der Waals surface area contributed by atoms with Crippen molar-refractivity contribution >= 4 is 11.0 Å². The van der Waals surface area contributed by atoms with Crippen molar-refractivity contribution in [1.29, 1.82) is 0 Å². The van der Waals surface area contributed by atoms with Crippen molar-refractivity contribution in [1.82, 2.24) is 4.31 Å². The van der Waals surface area contributed by atoms with Crippen LogP contribution in [-0.4, -0.2) is 19.3 Å². The Bertz CT molecular complexity index is 405. The maximum absolute atomic E-state index is 12.2. The highest BCUT2D eigenvalue weighted by Gasteiger charge is 2.54. The summed E-state index contributed by atoms with van der Waals surface area (Å²) in [5, 5.41) is 0. The van der Waals surface area contributed by atoms with E-state index in [4.69, 9.17) is 4.42 Å². The van der Waals surface area contributed by atoms with Gasteiger partial charge >= 0.3 is 0 Å². The Morgan fingerprint density at radius 2 is 2.25 bits per heavy atom. The average Bonchev–Trinajstić information content (AvgIpc) is 2.67. The van der Waals surface area contributed by atoms with Crippen molar-refractivity contribution in [2.45, 2.75) is 37.6 Å². The third kappa shape index (κ3) is 1.87. The zero-order valence-corrected chi connectivity index (χ0v) is 10.7. The van der Waals surface area contributed by atoms with E-state index in [-0.39, 0.29) is 16.8 Å². The van der Waals surface area contributed by atoms with Crippen LogP contribution in [0.3, 0.4) is 0 Å². The first-order valence-corrected chi connectivity index (χ1v) is 6.44. The SMILES string of the molecule is C=C[C@H]1[C@H](c2ccco2)N1S(=O)C(C)(C)C. The molecule has 2 rings (SSSR count). The van der Waals surface area contributed by atoms with Gasteiger partial charge in [-0.1, -0.05) is 6.08 Å². The van der Waals surface area contributed by atoms with Crippen molar-refractivity contribution in [3.05, 3.63) is 36.8 Å². The lowest BCUT2D eigenvalue weighted by Crippen LogP contribution is -2.28. The minimum absolute atomic E-state index is 0.0903. The highest BCUT2D eigenvalue weighted by molar-refractivity contribution is 7.84. The van der Waals surface area contributed by atoms with Gasteiger partial charge in [0, 0.05) is 0 Å². The first kappa shape index (κ1) is 11.6. The van der Waals surface area contributed by atoms with Crippen molar-refractivity contribution < 1.29 is 8.63 Å². The molecule has 0 N–H and O–H groups in total. The third-order valence-electron chi connectivity index (χ3n) is 2.59. The zero-order chi connectivity index (χ0) is 11.9. The van der Waals surface area contributed by atoms with Gasteiger partial charge in [-0.05, 0) is 32.9 Å². The van der Waals surface area contributed by atoms with E-state index in [9.17, 15) is 4.21 Å². The second-order valence-electron chi connectivity index (χ2n) is 4.91. The summed E-state index contributed by atoms with van der Waals surface area (Å²) in [6, 6.07) is 3.99. The number of hydrogen-bond donors (Lipinski definition) is 0. The highest BCUT2D eigenvalue weighted by Crippen LogP contribution is 2.47. The van der Waals surface area contributed by atoms with Gasteiger partial charge in [0.1, 0.15) is 22.8 Å². The van der Waals surface area contributed by atoms with Crippen LogP contribution < -0.4 is 0 Å². The van der Waals surface area contributed by atoms with Crippen LogP contribution in [0.15, 0.2) is 35.5 Å². The lowest BCUT2D eigenvalue weighted by Gasteiger charge is -2.18. The molecule has 1 aliphatic rings. The van der Waals surface area contributed by atoms with Crippen LogP contribution in [0.1, 0.15) is 32.6 Å². The van der Waals surface area contributed by atoms with Crippen molar-refractivity contribution in [2.24, 2.45) is 0 Å². The Morgan fingerprint density at radius 3 is 2.69 bits per heavy atom. The Morgan fingerprint density at radius 1 is 1.56 bits per heavy atom. The molecule has 3 nitrogen and oxygen atoms in total. The van der Waals surface area contributed by atoms with E-state index >= 15 is 0 Å². The van der Waals surface area contributed by atoms with E-state index in [1.54, 1.807) is 6.26 Å². The molecule has 0 saturated carbocycles. The predicted molar refractivity (Wildman–Crippen MR) is 65.2 cm³/mol. The first-order chi connectivity index (χ1) is 7.46. The Hall–Kier alpha value is -0.870. The summed E-state index contributed by atoms with van der Waals surface area (Å²) in [6.45, 7) is 9.70. The Balaban J connectivity index is 2.19. The fourth-order valence-electron chi connectivity index (χ4n) is 1.74. The van der Waals surface area contributed by atoms with Crippen molar-refractivity contribution in [2.75, 3.05) is 0 Å². The molecule has 1 fully saturated rings. The van der Waals surface area contributed by atoms with Crippen LogP contribution in [0.25, 0.3) is 0 Å². The molecule has 0 aliphatic carbocycles. The maximum Gasteiger partial charge on any atom is 0.123 e. The average molecular weight is 239 g/mol. The summed E-state index contributed by atoms with van der Waals surface area (Å²) < 4.78 is 19.3. The molecule has 2 unspecified atom stereocenters. The predicted octanol–water partition coefficient (Wildman–Crippen LogP) is 2.65. The van der Waals surface area contributed by atoms with Gasteiger partial charge in [0.25, 0.3) is 0 Å². The molecule has 0 bridgehead atoms. The Kier molecular flexibility index (Phi) is 2.80. The summed E-state index contributed by atoms with van der Waals surface area (Å²) in [5.74, 6) is 0.863. The van der Waals surface area contributed by atoms with Crippen LogP contribution in [-0.2, 0) is 11.0 Å². The lowest BCUT2D eigenvalue weighted by atomic mass is 10.2. The molecule has 0 radical (unpaired) electrons.